The lowest BCUT2D eigenvalue weighted by molar-refractivity contribution is 0.363. The zero-order valence-electron chi connectivity index (χ0n) is 8.79. The van der Waals surface area contributed by atoms with Crippen LogP contribution in [0.5, 0.6) is 0 Å². The molecule has 0 saturated heterocycles. The first-order valence-electron chi connectivity index (χ1n) is 5.16. The van der Waals surface area contributed by atoms with Crippen molar-refractivity contribution < 1.29 is 4.52 Å². The van der Waals surface area contributed by atoms with Crippen molar-refractivity contribution in [1.29, 1.82) is 0 Å². The Morgan fingerprint density at radius 1 is 1.57 bits per heavy atom. The normalized spacial score (nSPS) is 23.8. The molecule has 1 unspecified atom stereocenters. The molecule has 0 bridgehead atoms. The third-order valence-electron chi connectivity index (χ3n) is 2.90. The Kier molecular flexibility index (Phi) is 2.31. The van der Waals surface area contributed by atoms with Gasteiger partial charge in [-0.15, -0.1) is 0 Å². The van der Waals surface area contributed by atoms with Crippen LogP contribution in [0.15, 0.2) is 4.52 Å². The molecule has 78 valence electrons. The molecule has 1 aliphatic carbocycles. The van der Waals surface area contributed by atoms with Gasteiger partial charge in [0.25, 0.3) is 0 Å². The smallest absolute Gasteiger partial charge is 0.230 e. The van der Waals surface area contributed by atoms with Crippen LogP contribution in [0.1, 0.15) is 44.3 Å². The molecule has 1 fully saturated rings. The quantitative estimate of drug-likeness (QED) is 0.790. The molecule has 1 aromatic heterocycles. The van der Waals surface area contributed by atoms with E-state index in [4.69, 9.17) is 10.3 Å². The van der Waals surface area contributed by atoms with Crippen LogP contribution in [0.25, 0.3) is 0 Å². The molecule has 0 radical (unpaired) electrons. The number of rotatable bonds is 4. The van der Waals surface area contributed by atoms with E-state index in [1.807, 2.05) is 0 Å². The molecule has 14 heavy (non-hydrogen) atoms. The summed E-state index contributed by atoms with van der Waals surface area (Å²) in [6.45, 7) is 5.13. The van der Waals surface area contributed by atoms with Crippen LogP contribution in [0.3, 0.4) is 0 Å². The van der Waals surface area contributed by atoms with Gasteiger partial charge in [0.05, 0.1) is 0 Å². The maximum atomic E-state index is 5.41. The fourth-order valence-corrected chi connectivity index (χ4v) is 1.66. The van der Waals surface area contributed by atoms with E-state index in [0.717, 1.165) is 31.0 Å². The van der Waals surface area contributed by atoms with Gasteiger partial charge in [-0.05, 0) is 24.8 Å². The minimum absolute atomic E-state index is 0.359. The van der Waals surface area contributed by atoms with Crippen LogP contribution < -0.4 is 5.73 Å². The summed E-state index contributed by atoms with van der Waals surface area (Å²) in [5.74, 6) is 2.08. The van der Waals surface area contributed by atoms with Gasteiger partial charge in [0.1, 0.15) is 0 Å². The average Bonchev–Trinajstić information content (AvgIpc) is 2.63. The number of hydrogen-bond acceptors (Lipinski definition) is 4. The second-order valence-electron chi connectivity index (χ2n) is 4.69. The lowest BCUT2D eigenvalue weighted by atomic mass is 10.1. The maximum Gasteiger partial charge on any atom is 0.230 e. The number of nitrogens with two attached hydrogens (primary N) is 1. The van der Waals surface area contributed by atoms with Crippen molar-refractivity contribution in [1.82, 2.24) is 10.1 Å². The Labute approximate surface area is 83.9 Å². The van der Waals surface area contributed by atoms with E-state index in [2.05, 4.69) is 24.0 Å². The van der Waals surface area contributed by atoms with Gasteiger partial charge >= 0.3 is 0 Å². The fraction of sp³-hybridized carbons (Fsp3) is 0.800. The minimum Gasteiger partial charge on any atom is -0.339 e. The summed E-state index contributed by atoms with van der Waals surface area (Å²) in [7, 11) is 0. The first-order chi connectivity index (χ1) is 6.63. The van der Waals surface area contributed by atoms with E-state index in [1.54, 1.807) is 0 Å². The van der Waals surface area contributed by atoms with Gasteiger partial charge in [-0.3, -0.25) is 0 Å². The van der Waals surface area contributed by atoms with Gasteiger partial charge in [0.15, 0.2) is 5.82 Å². The zero-order valence-corrected chi connectivity index (χ0v) is 8.79. The van der Waals surface area contributed by atoms with Crippen molar-refractivity contribution in [2.75, 3.05) is 6.54 Å². The molecule has 4 heteroatoms. The summed E-state index contributed by atoms with van der Waals surface area (Å²) in [6, 6.07) is 0. The lowest BCUT2D eigenvalue weighted by Crippen LogP contribution is -2.01. The third-order valence-corrected chi connectivity index (χ3v) is 2.90. The predicted molar refractivity (Wildman–Crippen MR) is 52.8 cm³/mol. The summed E-state index contributed by atoms with van der Waals surface area (Å²) in [5, 5.41) is 3.94. The molecule has 4 nitrogen and oxygen atoms in total. The van der Waals surface area contributed by atoms with Gasteiger partial charge < -0.3 is 10.3 Å². The topological polar surface area (TPSA) is 64.9 Å². The standard InChI is InChI=1S/C10H17N3O/c1-10(2)6-7(10)9-12-8(13-14-9)4-3-5-11/h7H,3-6,11H2,1-2H3. The third kappa shape index (κ3) is 1.80. The highest BCUT2D eigenvalue weighted by atomic mass is 16.5. The van der Waals surface area contributed by atoms with Crippen LogP contribution in [0.2, 0.25) is 0 Å². The summed E-state index contributed by atoms with van der Waals surface area (Å²) < 4.78 is 5.22. The van der Waals surface area contributed by atoms with Crippen molar-refractivity contribution >= 4 is 0 Å². The van der Waals surface area contributed by atoms with E-state index < -0.39 is 0 Å². The Morgan fingerprint density at radius 3 is 2.86 bits per heavy atom. The van der Waals surface area contributed by atoms with Crippen molar-refractivity contribution in [3.05, 3.63) is 11.7 Å². The Hall–Kier alpha value is -0.900. The molecule has 0 spiro atoms. The summed E-state index contributed by atoms with van der Waals surface area (Å²) in [5.41, 5.74) is 5.77. The van der Waals surface area contributed by atoms with Crippen LogP contribution in [-0.4, -0.2) is 16.7 Å². The second-order valence-corrected chi connectivity index (χ2v) is 4.69. The SMILES string of the molecule is CC1(C)CC1c1nc(CCCN)no1. The first kappa shape index (κ1) is 9.65. The van der Waals surface area contributed by atoms with Crippen molar-refractivity contribution in [2.45, 2.75) is 39.0 Å². The Morgan fingerprint density at radius 2 is 2.29 bits per heavy atom. The number of hydrogen-bond donors (Lipinski definition) is 1. The van der Waals surface area contributed by atoms with Crippen molar-refractivity contribution in [2.24, 2.45) is 11.1 Å². The van der Waals surface area contributed by atoms with E-state index in [0.29, 0.717) is 17.9 Å². The summed E-state index contributed by atoms with van der Waals surface area (Å²) in [4.78, 5) is 4.37. The molecule has 1 saturated carbocycles. The van der Waals surface area contributed by atoms with Gasteiger partial charge in [0.2, 0.25) is 5.89 Å². The molecule has 1 atom stereocenters. The van der Waals surface area contributed by atoms with Gasteiger partial charge in [-0.1, -0.05) is 19.0 Å². The Balaban J connectivity index is 1.97. The van der Waals surface area contributed by atoms with E-state index in [-0.39, 0.29) is 0 Å². The number of aromatic nitrogens is 2. The van der Waals surface area contributed by atoms with Crippen molar-refractivity contribution in [3.8, 4) is 0 Å². The number of aryl methyl sites for hydroxylation is 1. The molecule has 1 aliphatic rings. The summed E-state index contributed by atoms with van der Waals surface area (Å²) in [6.07, 6.45) is 2.91. The van der Waals surface area contributed by atoms with Crippen LogP contribution >= 0.6 is 0 Å². The first-order valence-corrected chi connectivity index (χ1v) is 5.16. The molecule has 0 amide bonds. The lowest BCUT2D eigenvalue weighted by Gasteiger charge is -1.95. The van der Waals surface area contributed by atoms with Crippen LogP contribution in [0, 0.1) is 5.41 Å². The molecule has 0 aromatic carbocycles. The van der Waals surface area contributed by atoms with Gasteiger partial charge in [-0.2, -0.15) is 4.98 Å². The molecular weight excluding hydrogens is 178 g/mol. The highest BCUT2D eigenvalue weighted by Crippen LogP contribution is 2.57. The minimum atomic E-state index is 0.359. The highest BCUT2D eigenvalue weighted by molar-refractivity contribution is 5.12. The monoisotopic (exact) mass is 195 g/mol. The predicted octanol–water partition coefficient (Wildman–Crippen LogP) is 1.47. The molecule has 1 heterocycles. The van der Waals surface area contributed by atoms with Gasteiger partial charge in [0, 0.05) is 12.3 Å². The number of nitrogens with zero attached hydrogens (tertiary/aromatic N) is 2. The van der Waals surface area contributed by atoms with Crippen molar-refractivity contribution in [3.63, 3.8) is 0 Å². The van der Waals surface area contributed by atoms with Gasteiger partial charge in [-0.25, -0.2) is 0 Å². The van der Waals surface area contributed by atoms with Crippen LogP contribution in [-0.2, 0) is 6.42 Å². The van der Waals surface area contributed by atoms with E-state index >= 15 is 0 Å². The molecule has 0 aliphatic heterocycles. The maximum absolute atomic E-state index is 5.41. The molecule has 2 N–H and O–H groups in total. The zero-order chi connectivity index (χ0) is 10.2. The molecule has 2 rings (SSSR count). The fourth-order valence-electron chi connectivity index (χ4n) is 1.66. The average molecular weight is 195 g/mol. The largest absolute Gasteiger partial charge is 0.339 e. The Bertz CT molecular complexity index is 319. The van der Waals surface area contributed by atoms with Crippen LogP contribution in [0.4, 0.5) is 0 Å². The highest BCUT2D eigenvalue weighted by Gasteiger charge is 2.50. The van der Waals surface area contributed by atoms with E-state index in [1.165, 1.54) is 0 Å². The van der Waals surface area contributed by atoms with E-state index in [9.17, 15) is 0 Å². The molecule has 1 aromatic rings. The molecular formula is C10H17N3O. The summed E-state index contributed by atoms with van der Waals surface area (Å²) >= 11 is 0. The second kappa shape index (κ2) is 3.35.